The lowest BCUT2D eigenvalue weighted by molar-refractivity contribution is 0.192. The van der Waals surface area contributed by atoms with Crippen molar-refractivity contribution in [1.82, 2.24) is 0 Å². The van der Waals surface area contributed by atoms with E-state index in [2.05, 4.69) is 15.9 Å². The van der Waals surface area contributed by atoms with E-state index in [1.807, 2.05) is 17.5 Å². The van der Waals surface area contributed by atoms with E-state index in [0.29, 0.717) is 5.76 Å². The number of hydrogen-bond acceptors (Lipinski definition) is 3. The van der Waals surface area contributed by atoms with E-state index >= 15 is 0 Å². The van der Waals surface area contributed by atoms with Crippen LogP contribution in [0.1, 0.15) is 16.7 Å². The minimum atomic E-state index is -0.663. The van der Waals surface area contributed by atoms with Crippen molar-refractivity contribution >= 4 is 27.3 Å². The normalized spacial score (nSPS) is 13.1. The Kier molecular flexibility index (Phi) is 2.53. The molecule has 4 heteroatoms. The van der Waals surface area contributed by atoms with E-state index in [1.54, 1.807) is 12.3 Å². The zero-order chi connectivity index (χ0) is 9.26. The van der Waals surface area contributed by atoms with Crippen LogP contribution in [0.2, 0.25) is 0 Å². The van der Waals surface area contributed by atoms with Crippen LogP contribution in [0.4, 0.5) is 0 Å². The Labute approximate surface area is 87.9 Å². The summed E-state index contributed by atoms with van der Waals surface area (Å²) in [4.78, 5) is 0.885. The summed E-state index contributed by atoms with van der Waals surface area (Å²) in [6.45, 7) is 0. The fourth-order valence-corrected chi connectivity index (χ4v) is 2.20. The molecule has 0 aliphatic rings. The molecule has 2 nitrogen and oxygen atoms in total. The van der Waals surface area contributed by atoms with Gasteiger partial charge in [0.2, 0.25) is 0 Å². The van der Waals surface area contributed by atoms with Gasteiger partial charge in [-0.2, -0.15) is 0 Å². The van der Waals surface area contributed by atoms with Crippen molar-refractivity contribution in [3.05, 3.63) is 45.0 Å². The summed E-state index contributed by atoms with van der Waals surface area (Å²) < 4.78 is 5.96. The molecule has 0 fully saturated rings. The lowest BCUT2D eigenvalue weighted by Crippen LogP contribution is -1.95. The number of furan rings is 1. The van der Waals surface area contributed by atoms with Gasteiger partial charge in [0.25, 0.3) is 0 Å². The van der Waals surface area contributed by atoms with Crippen LogP contribution < -0.4 is 0 Å². The zero-order valence-electron chi connectivity index (χ0n) is 6.61. The minimum absolute atomic E-state index is 0.558. The Morgan fingerprint density at radius 1 is 1.46 bits per heavy atom. The van der Waals surface area contributed by atoms with Crippen LogP contribution in [-0.4, -0.2) is 5.11 Å². The van der Waals surface area contributed by atoms with Crippen molar-refractivity contribution in [1.29, 1.82) is 0 Å². The lowest BCUT2D eigenvalue weighted by Gasteiger charge is -2.04. The topological polar surface area (TPSA) is 33.4 Å². The summed E-state index contributed by atoms with van der Waals surface area (Å²) in [6.07, 6.45) is 0.889. The molecule has 0 aliphatic carbocycles. The molecule has 1 N–H and O–H groups in total. The van der Waals surface area contributed by atoms with E-state index in [1.165, 1.54) is 11.3 Å². The largest absolute Gasteiger partial charge is 0.465 e. The average Bonchev–Trinajstić information content (AvgIpc) is 2.72. The van der Waals surface area contributed by atoms with Gasteiger partial charge in [0.05, 0.1) is 10.7 Å². The molecule has 2 aromatic heterocycles. The third-order valence-electron chi connectivity index (χ3n) is 1.71. The van der Waals surface area contributed by atoms with Gasteiger partial charge in [0, 0.05) is 4.88 Å². The number of hydrogen-bond donors (Lipinski definition) is 1. The maximum atomic E-state index is 9.84. The predicted molar refractivity (Wildman–Crippen MR) is 54.8 cm³/mol. The first kappa shape index (κ1) is 8.99. The maximum absolute atomic E-state index is 9.84. The van der Waals surface area contributed by atoms with E-state index in [4.69, 9.17) is 4.42 Å². The molecule has 0 radical (unpaired) electrons. The summed E-state index contributed by atoms with van der Waals surface area (Å²) in [7, 11) is 0. The Morgan fingerprint density at radius 3 is 2.85 bits per heavy atom. The average molecular weight is 259 g/mol. The fourth-order valence-electron chi connectivity index (χ4n) is 1.08. The second-order valence-corrected chi connectivity index (χ2v) is 4.38. The van der Waals surface area contributed by atoms with Gasteiger partial charge >= 0.3 is 0 Å². The lowest BCUT2D eigenvalue weighted by atomic mass is 10.2. The Balaban J connectivity index is 2.33. The van der Waals surface area contributed by atoms with Gasteiger partial charge in [-0.25, -0.2) is 0 Å². The third kappa shape index (κ3) is 1.70. The molecule has 2 rings (SSSR count). The molecule has 1 atom stereocenters. The first-order valence-corrected chi connectivity index (χ1v) is 5.40. The number of thiophene rings is 1. The fraction of sp³-hybridized carbons (Fsp3) is 0.111. The summed E-state index contributed by atoms with van der Waals surface area (Å²) in [5.74, 6) is 0.558. The molecule has 0 saturated heterocycles. The second-order valence-electron chi connectivity index (χ2n) is 2.55. The molecule has 68 valence electrons. The highest BCUT2D eigenvalue weighted by atomic mass is 79.9. The highest BCUT2D eigenvalue weighted by molar-refractivity contribution is 9.10. The van der Waals surface area contributed by atoms with Gasteiger partial charge in [0.1, 0.15) is 6.10 Å². The van der Waals surface area contributed by atoms with Crippen molar-refractivity contribution in [2.45, 2.75) is 6.10 Å². The van der Waals surface area contributed by atoms with E-state index in [0.717, 1.165) is 9.35 Å². The van der Waals surface area contributed by atoms with Crippen molar-refractivity contribution in [2.24, 2.45) is 0 Å². The van der Waals surface area contributed by atoms with Gasteiger partial charge in [-0.15, -0.1) is 11.3 Å². The molecule has 0 saturated carbocycles. The maximum Gasteiger partial charge on any atom is 0.151 e. The van der Waals surface area contributed by atoms with Gasteiger partial charge in [0.15, 0.2) is 5.76 Å². The molecule has 0 aromatic carbocycles. The first-order valence-electron chi connectivity index (χ1n) is 3.73. The molecule has 1 unspecified atom stereocenters. The van der Waals surface area contributed by atoms with E-state index in [9.17, 15) is 5.11 Å². The molecule has 13 heavy (non-hydrogen) atoms. The van der Waals surface area contributed by atoms with Crippen LogP contribution >= 0.6 is 27.3 Å². The van der Waals surface area contributed by atoms with Crippen molar-refractivity contribution in [3.63, 3.8) is 0 Å². The monoisotopic (exact) mass is 258 g/mol. The van der Waals surface area contributed by atoms with E-state index < -0.39 is 6.10 Å². The molecule has 0 amide bonds. The number of aliphatic hydroxyl groups is 1. The summed E-state index contributed by atoms with van der Waals surface area (Å²) >= 11 is 4.81. The predicted octanol–water partition coefficient (Wildman–Crippen LogP) is 3.19. The van der Waals surface area contributed by atoms with Gasteiger partial charge < -0.3 is 9.52 Å². The van der Waals surface area contributed by atoms with Crippen LogP contribution in [-0.2, 0) is 0 Å². The standard InChI is InChI=1S/C9H7BrO2S/c10-6-3-4-12-9(6)8(11)7-2-1-5-13-7/h1-5,8,11H. The molecule has 0 bridgehead atoms. The van der Waals surface area contributed by atoms with E-state index in [-0.39, 0.29) is 0 Å². The molecule has 2 heterocycles. The van der Waals surface area contributed by atoms with Gasteiger partial charge in [-0.05, 0) is 33.4 Å². The van der Waals surface area contributed by atoms with Crippen molar-refractivity contribution in [2.75, 3.05) is 0 Å². The smallest absolute Gasteiger partial charge is 0.151 e. The van der Waals surface area contributed by atoms with Gasteiger partial charge in [-0.1, -0.05) is 6.07 Å². The van der Waals surface area contributed by atoms with Crippen molar-refractivity contribution < 1.29 is 9.52 Å². The highest BCUT2D eigenvalue weighted by Crippen LogP contribution is 2.31. The van der Waals surface area contributed by atoms with Gasteiger partial charge in [-0.3, -0.25) is 0 Å². The SMILES string of the molecule is OC(c1cccs1)c1occc1Br. The zero-order valence-corrected chi connectivity index (χ0v) is 9.01. The molecule has 0 aliphatic heterocycles. The minimum Gasteiger partial charge on any atom is -0.465 e. The number of halogens is 1. The summed E-state index contributed by atoms with van der Waals surface area (Å²) in [6, 6.07) is 5.55. The first-order chi connectivity index (χ1) is 6.29. The van der Waals surface area contributed by atoms with Crippen LogP contribution in [0.3, 0.4) is 0 Å². The second kappa shape index (κ2) is 3.65. The molecular formula is C9H7BrO2S. The van der Waals surface area contributed by atoms with Crippen LogP contribution in [0.25, 0.3) is 0 Å². The number of aliphatic hydroxyl groups excluding tert-OH is 1. The van der Waals surface area contributed by atoms with Crippen LogP contribution in [0, 0.1) is 0 Å². The molecule has 2 aromatic rings. The molecular weight excluding hydrogens is 252 g/mol. The Bertz CT molecular complexity index is 380. The summed E-state index contributed by atoms with van der Waals surface area (Å²) in [5, 5.41) is 11.8. The number of rotatable bonds is 2. The third-order valence-corrected chi connectivity index (χ3v) is 3.29. The Morgan fingerprint density at radius 2 is 2.31 bits per heavy atom. The summed E-state index contributed by atoms with van der Waals surface area (Å²) in [5.41, 5.74) is 0. The highest BCUT2D eigenvalue weighted by Gasteiger charge is 2.17. The van der Waals surface area contributed by atoms with Crippen LogP contribution in [0.5, 0.6) is 0 Å². The molecule has 0 spiro atoms. The van der Waals surface area contributed by atoms with Crippen molar-refractivity contribution in [3.8, 4) is 0 Å². The Hall–Kier alpha value is -0.580. The van der Waals surface area contributed by atoms with Crippen LogP contribution in [0.15, 0.2) is 38.7 Å². The quantitative estimate of drug-likeness (QED) is 0.898.